The highest BCUT2D eigenvalue weighted by molar-refractivity contribution is 5.61. The second-order valence-electron chi connectivity index (χ2n) is 4.42. The van der Waals surface area contributed by atoms with Crippen molar-refractivity contribution < 1.29 is 9.26 Å². The number of rotatable bonds is 2. The van der Waals surface area contributed by atoms with Gasteiger partial charge < -0.3 is 9.26 Å². The van der Waals surface area contributed by atoms with Gasteiger partial charge in [-0.1, -0.05) is 29.3 Å². The summed E-state index contributed by atoms with van der Waals surface area (Å²) in [6.07, 6.45) is 0. The van der Waals surface area contributed by atoms with Crippen LogP contribution in [0.15, 0.2) is 65.2 Å². The molecule has 0 bridgehead atoms. The molecule has 0 amide bonds. The van der Waals surface area contributed by atoms with Gasteiger partial charge in [-0.25, -0.2) is 0 Å². The number of benzene rings is 2. The zero-order valence-electron chi connectivity index (χ0n) is 11.5. The monoisotopic (exact) mass is 275 g/mol. The van der Waals surface area contributed by atoms with Crippen LogP contribution in [0.1, 0.15) is 11.3 Å². The van der Waals surface area contributed by atoms with Gasteiger partial charge in [0, 0.05) is 17.2 Å². The second-order valence-corrected chi connectivity index (χ2v) is 4.42. The Hall–Kier alpha value is -2.99. The van der Waals surface area contributed by atoms with Crippen molar-refractivity contribution in [2.75, 3.05) is 7.11 Å². The molecule has 102 valence electrons. The summed E-state index contributed by atoms with van der Waals surface area (Å²) in [7, 11) is 1.64. The molecule has 0 aliphatic rings. The molecule has 0 aliphatic heterocycles. The molecule has 0 spiro atoms. The van der Waals surface area contributed by atoms with Crippen molar-refractivity contribution in [3.05, 3.63) is 72.0 Å². The molecule has 21 heavy (non-hydrogen) atoms. The van der Waals surface area contributed by atoms with Crippen LogP contribution >= 0.6 is 0 Å². The molecule has 0 atom stereocenters. The number of hydrogen-bond donors (Lipinski definition) is 0. The Balaban J connectivity index is 1.81. The van der Waals surface area contributed by atoms with Gasteiger partial charge in [0.15, 0.2) is 0 Å². The Morgan fingerprint density at radius 1 is 0.952 bits per heavy atom. The van der Waals surface area contributed by atoms with Crippen LogP contribution in [0.2, 0.25) is 0 Å². The summed E-state index contributed by atoms with van der Waals surface area (Å²) in [5.74, 6) is 7.37. The van der Waals surface area contributed by atoms with Crippen molar-refractivity contribution in [1.29, 1.82) is 0 Å². The third kappa shape index (κ3) is 3.13. The lowest BCUT2D eigenvalue weighted by atomic mass is 10.1. The Morgan fingerprint density at radius 3 is 2.43 bits per heavy atom. The van der Waals surface area contributed by atoms with Crippen molar-refractivity contribution in [3.8, 4) is 28.8 Å². The van der Waals surface area contributed by atoms with Crippen LogP contribution in [-0.4, -0.2) is 12.3 Å². The van der Waals surface area contributed by atoms with Crippen LogP contribution in [0.4, 0.5) is 0 Å². The molecule has 0 saturated carbocycles. The Morgan fingerprint density at radius 2 is 1.71 bits per heavy atom. The highest BCUT2D eigenvalue weighted by atomic mass is 16.5. The average molecular weight is 275 g/mol. The van der Waals surface area contributed by atoms with Crippen molar-refractivity contribution >= 4 is 0 Å². The first-order chi connectivity index (χ1) is 10.3. The highest BCUT2D eigenvalue weighted by Gasteiger charge is 2.04. The van der Waals surface area contributed by atoms with Gasteiger partial charge in [-0.05, 0) is 42.3 Å². The summed E-state index contributed by atoms with van der Waals surface area (Å²) in [6.45, 7) is 0. The topological polar surface area (TPSA) is 35.3 Å². The molecule has 0 aliphatic carbocycles. The molecule has 1 heterocycles. The van der Waals surface area contributed by atoms with Gasteiger partial charge in [0.25, 0.3) is 0 Å². The third-order valence-electron chi connectivity index (χ3n) is 3.00. The molecule has 0 unspecified atom stereocenters. The summed E-state index contributed by atoms with van der Waals surface area (Å²) < 4.78 is 10.4. The number of hydrogen-bond acceptors (Lipinski definition) is 3. The SMILES string of the molecule is COc1ccc(-c2cc(C#Cc3ccccc3)on2)cc1. The van der Waals surface area contributed by atoms with Crippen molar-refractivity contribution in [2.24, 2.45) is 0 Å². The van der Waals surface area contributed by atoms with E-state index in [0.29, 0.717) is 5.76 Å². The molecular weight excluding hydrogens is 262 g/mol. The Kier molecular flexibility index (Phi) is 3.70. The van der Waals surface area contributed by atoms with E-state index in [1.54, 1.807) is 7.11 Å². The van der Waals surface area contributed by atoms with E-state index in [0.717, 1.165) is 22.6 Å². The smallest absolute Gasteiger partial charge is 0.210 e. The van der Waals surface area contributed by atoms with Gasteiger partial charge in [-0.3, -0.25) is 0 Å². The lowest BCUT2D eigenvalue weighted by Gasteiger charge is -1.99. The molecule has 3 rings (SSSR count). The number of ether oxygens (including phenoxy) is 1. The molecule has 0 saturated heterocycles. The van der Waals surface area contributed by atoms with Crippen molar-refractivity contribution in [3.63, 3.8) is 0 Å². The normalized spacial score (nSPS) is 9.76. The van der Waals surface area contributed by atoms with Crippen LogP contribution in [0, 0.1) is 11.8 Å². The fourth-order valence-corrected chi connectivity index (χ4v) is 1.89. The molecule has 0 fully saturated rings. The number of aromatic nitrogens is 1. The van der Waals surface area contributed by atoms with E-state index >= 15 is 0 Å². The van der Waals surface area contributed by atoms with E-state index in [1.165, 1.54) is 0 Å². The number of methoxy groups -OCH3 is 1. The van der Waals surface area contributed by atoms with E-state index in [9.17, 15) is 0 Å². The standard InChI is InChI=1S/C18H13NO2/c1-20-16-11-8-15(9-12-16)18-13-17(21-19-18)10-7-14-5-3-2-4-6-14/h2-6,8-9,11-13H,1H3. The van der Waals surface area contributed by atoms with E-state index in [-0.39, 0.29) is 0 Å². The maximum absolute atomic E-state index is 5.24. The van der Waals surface area contributed by atoms with Crippen molar-refractivity contribution in [1.82, 2.24) is 5.16 Å². The number of nitrogens with zero attached hydrogens (tertiary/aromatic N) is 1. The van der Waals surface area contributed by atoms with Crippen LogP contribution < -0.4 is 4.74 Å². The second kappa shape index (κ2) is 5.98. The zero-order chi connectivity index (χ0) is 14.5. The average Bonchev–Trinajstić information content (AvgIpc) is 3.03. The van der Waals surface area contributed by atoms with Gasteiger partial charge in [0.05, 0.1) is 7.11 Å². The first kappa shape index (κ1) is 13.0. The summed E-state index contributed by atoms with van der Waals surface area (Å²) in [4.78, 5) is 0. The van der Waals surface area contributed by atoms with Crippen LogP contribution in [0.5, 0.6) is 5.75 Å². The van der Waals surface area contributed by atoms with Crippen LogP contribution in [0.3, 0.4) is 0 Å². The highest BCUT2D eigenvalue weighted by Crippen LogP contribution is 2.21. The summed E-state index contributed by atoms with van der Waals surface area (Å²) in [5.41, 5.74) is 2.67. The van der Waals surface area contributed by atoms with Crippen LogP contribution in [0.25, 0.3) is 11.3 Å². The minimum Gasteiger partial charge on any atom is -0.497 e. The minimum atomic E-state index is 0.546. The van der Waals surface area contributed by atoms with Gasteiger partial charge in [-0.15, -0.1) is 0 Å². The molecule has 0 N–H and O–H groups in total. The Bertz CT molecular complexity index is 777. The van der Waals surface area contributed by atoms with Gasteiger partial charge in [0.1, 0.15) is 11.4 Å². The van der Waals surface area contributed by atoms with E-state index in [1.807, 2.05) is 60.7 Å². The first-order valence-corrected chi connectivity index (χ1v) is 6.53. The molecule has 0 radical (unpaired) electrons. The quantitative estimate of drug-likeness (QED) is 0.668. The fourth-order valence-electron chi connectivity index (χ4n) is 1.89. The molecule has 1 aromatic heterocycles. The maximum Gasteiger partial charge on any atom is 0.210 e. The molecule has 3 nitrogen and oxygen atoms in total. The summed E-state index contributed by atoms with van der Waals surface area (Å²) in [6, 6.07) is 19.2. The zero-order valence-corrected chi connectivity index (χ0v) is 11.5. The Labute approximate surface area is 123 Å². The first-order valence-electron chi connectivity index (χ1n) is 6.53. The van der Waals surface area contributed by atoms with Gasteiger partial charge >= 0.3 is 0 Å². The third-order valence-corrected chi connectivity index (χ3v) is 3.00. The van der Waals surface area contributed by atoms with E-state index in [2.05, 4.69) is 17.0 Å². The molecule has 3 aromatic rings. The predicted molar refractivity (Wildman–Crippen MR) is 80.9 cm³/mol. The van der Waals surface area contributed by atoms with E-state index in [4.69, 9.17) is 9.26 Å². The lowest BCUT2D eigenvalue weighted by molar-refractivity contribution is 0.412. The van der Waals surface area contributed by atoms with Crippen molar-refractivity contribution in [2.45, 2.75) is 0 Å². The summed E-state index contributed by atoms with van der Waals surface area (Å²) >= 11 is 0. The molecule has 2 aromatic carbocycles. The molecular formula is C18H13NO2. The maximum atomic E-state index is 5.24. The van der Waals surface area contributed by atoms with Gasteiger partial charge in [-0.2, -0.15) is 0 Å². The lowest BCUT2D eigenvalue weighted by Crippen LogP contribution is -1.82. The largest absolute Gasteiger partial charge is 0.497 e. The predicted octanol–water partition coefficient (Wildman–Crippen LogP) is 3.75. The summed E-state index contributed by atoms with van der Waals surface area (Å²) in [5, 5.41) is 4.04. The minimum absolute atomic E-state index is 0.546. The van der Waals surface area contributed by atoms with Crippen LogP contribution in [-0.2, 0) is 0 Å². The molecule has 3 heteroatoms. The fraction of sp³-hybridized carbons (Fsp3) is 0.0556. The van der Waals surface area contributed by atoms with Gasteiger partial charge in [0.2, 0.25) is 5.76 Å². The van der Waals surface area contributed by atoms with E-state index < -0.39 is 0 Å².